The quantitative estimate of drug-likeness (QED) is 0.703. The van der Waals surface area contributed by atoms with Gasteiger partial charge >= 0.3 is 0 Å². The van der Waals surface area contributed by atoms with Gasteiger partial charge in [-0.05, 0) is 19.8 Å². The van der Waals surface area contributed by atoms with Gasteiger partial charge in [0.15, 0.2) is 5.79 Å². The fraction of sp³-hybridized carbons (Fsp3) is 0.917. The van der Waals surface area contributed by atoms with E-state index in [0.29, 0.717) is 13.2 Å². The number of carbonyl (C=O) groups excluding carboxylic acids is 1. The second kappa shape index (κ2) is 4.55. The highest BCUT2D eigenvalue weighted by atomic mass is 16.7. The minimum absolute atomic E-state index is 0.0333. The van der Waals surface area contributed by atoms with E-state index in [9.17, 15) is 4.79 Å². The fourth-order valence-electron chi connectivity index (χ4n) is 2.45. The molecule has 0 unspecified atom stereocenters. The fourth-order valence-corrected chi connectivity index (χ4v) is 2.45. The molecule has 3 N–H and O–H groups in total. The van der Waals surface area contributed by atoms with E-state index in [1.54, 1.807) is 6.92 Å². The van der Waals surface area contributed by atoms with Crippen molar-refractivity contribution in [3.63, 3.8) is 0 Å². The first-order valence-electron chi connectivity index (χ1n) is 6.25. The van der Waals surface area contributed by atoms with Gasteiger partial charge in [0.1, 0.15) is 0 Å². The molecule has 1 aliphatic heterocycles. The van der Waals surface area contributed by atoms with E-state index in [1.807, 2.05) is 6.92 Å². The smallest absolute Gasteiger partial charge is 0.217 e. The Balaban J connectivity index is 1.84. The second-order valence-electron chi connectivity index (χ2n) is 5.62. The molecule has 1 saturated heterocycles. The summed E-state index contributed by atoms with van der Waals surface area (Å²) >= 11 is 0. The van der Waals surface area contributed by atoms with Crippen molar-refractivity contribution < 1.29 is 14.3 Å². The molecular weight excluding hydrogens is 220 g/mol. The molecule has 17 heavy (non-hydrogen) atoms. The van der Waals surface area contributed by atoms with Gasteiger partial charge in [-0.1, -0.05) is 0 Å². The molecule has 1 saturated carbocycles. The highest BCUT2D eigenvalue weighted by Gasteiger charge is 2.43. The average molecular weight is 242 g/mol. The summed E-state index contributed by atoms with van der Waals surface area (Å²) in [6.45, 7) is 4.57. The van der Waals surface area contributed by atoms with Crippen LogP contribution < -0.4 is 11.1 Å². The molecule has 0 aromatic carbocycles. The van der Waals surface area contributed by atoms with Gasteiger partial charge in [-0.25, -0.2) is 0 Å². The SMILES string of the molecule is CC(=O)NC1CCC2(CC1)OCC(C)(N)CO2. The summed E-state index contributed by atoms with van der Waals surface area (Å²) in [6, 6.07) is 0.261. The van der Waals surface area contributed by atoms with Crippen LogP contribution in [0.5, 0.6) is 0 Å². The maximum atomic E-state index is 11.0. The number of carbonyl (C=O) groups is 1. The minimum atomic E-state index is -0.451. The van der Waals surface area contributed by atoms with E-state index in [1.165, 1.54) is 0 Å². The molecule has 0 aromatic rings. The predicted molar refractivity (Wildman–Crippen MR) is 63.3 cm³/mol. The van der Waals surface area contributed by atoms with Gasteiger partial charge in [-0.3, -0.25) is 4.79 Å². The lowest BCUT2D eigenvalue weighted by molar-refractivity contribution is -0.298. The van der Waals surface area contributed by atoms with Crippen molar-refractivity contribution in [3.8, 4) is 0 Å². The number of ether oxygens (including phenoxy) is 2. The third-order valence-corrected chi connectivity index (χ3v) is 3.48. The Labute approximate surface area is 102 Å². The monoisotopic (exact) mass is 242 g/mol. The van der Waals surface area contributed by atoms with Crippen LogP contribution in [0.4, 0.5) is 0 Å². The van der Waals surface area contributed by atoms with Crippen molar-refractivity contribution in [1.82, 2.24) is 5.32 Å². The molecule has 2 rings (SSSR count). The molecule has 0 atom stereocenters. The van der Waals surface area contributed by atoms with E-state index < -0.39 is 5.79 Å². The standard InChI is InChI=1S/C12H22N2O3/c1-9(15)14-10-3-5-12(6-4-10)16-7-11(2,13)8-17-12/h10H,3-8,13H2,1-2H3,(H,14,15). The highest BCUT2D eigenvalue weighted by Crippen LogP contribution is 2.36. The van der Waals surface area contributed by atoms with Gasteiger partial charge in [-0.2, -0.15) is 0 Å². The van der Waals surface area contributed by atoms with Crippen LogP contribution in [0.15, 0.2) is 0 Å². The molecule has 0 bridgehead atoms. The van der Waals surface area contributed by atoms with Crippen LogP contribution in [0.25, 0.3) is 0 Å². The Morgan fingerprint density at radius 3 is 2.29 bits per heavy atom. The normalized spacial score (nSPS) is 42.4. The van der Waals surface area contributed by atoms with Crippen molar-refractivity contribution in [2.45, 2.75) is 56.9 Å². The third-order valence-electron chi connectivity index (χ3n) is 3.48. The van der Waals surface area contributed by atoms with E-state index in [-0.39, 0.29) is 17.5 Å². The summed E-state index contributed by atoms with van der Waals surface area (Å²) in [5, 5.41) is 2.95. The van der Waals surface area contributed by atoms with Gasteiger partial charge in [0.05, 0.1) is 18.8 Å². The van der Waals surface area contributed by atoms with Crippen molar-refractivity contribution in [3.05, 3.63) is 0 Å². The van der Waals surface area contributed by atoms with Gasteiger partial charge in [-0.15, -0.1) is 0 Å². The van der Waals surface area contributed by atoms with Crippen molar-refractivity contribution in [2.75, 3.05) is 13.2 Å². The van der Waals surface area contributed by atoms with Crippen LogP contribution in [0, 0.1) is 0 Å². The van der Waals surface area contributed by atoms with Gasteiger partial charge in [0, 0.05) is 25.8 Å². The Kier molecular flexibility index (Phi) is 3.43. The minimum Gasteiger partial charge on any atom is -0.354 e. The maximum absolute atomic E-state index is 11.0. The topological polar surface area (TPSA) is 73.6 Å². The van der Waals surface area contributed by atoms with Gasteiger partial charge in [0.25, 0.3) is 0 Å². The van der Waals surface area contributed by atoms with Crippen LogP contribution in [0.3, 0.4) is 0 Å². The Morgan fingerprint density at radius 1 is 1.29 bits per heavy atom. The number of hydrogen-bond acceptors (Lipinski definition) is 4. The summed E-state index contributed by atoms with van der Waals surface area (Å²) < 4.78 is 11.6. The van der Waals surface area contributed by atoms with Crippen molar-refractivity contribution >= 4 is 5.91 Å². The van der Waals surface area contributed by atoms with Crippen LogP contribution in [0.1, 0.15) is 39.5 Å². The summed E-state index contributed by atoms with van der Waals surface area (Å²) in [4.78, 5) is 11.0. The molecule has 1 amide bonds. The largest absolute Gasteiger partial charge is 0.354 e. The summed E-state index contributed by atoms with van der Waals surface area (Å²) in [5.41, 5.74) is 5.58. The highest BCUT2D eigenvalue weighted by molar-refractivity contribution is 5.73. The molecule has 5 nitrogen and oxygen atoms in total. The van der Waals surface area contributed by atoms with Crippen molar-refractivity contribution in [1.29, 1.82) is 0 Å². The third kappa shape index (κ3) is 3.18. The summed E-state index contributed by atoms with van der Waals surface area (Å²) in [6.07, 6.45) is 3.46. The zero-order chi connectivity index (χ0) is 12.5. The maximum Gasteiger partial charge on any atom is 0.217 e. The van der Waals surface area contributed by atoms with E-state index >= 15 is 0 Å². The number of rotatable bonds is 1. The lowest BCUT2D eigenvalue weighted by Gasteiger charge is -2.46. The molecule has 0 aromatic heterocycles. The molecule has 5 heteroatoms. The summed E-state index contributed by atoms with van der Waals surface area (Å²) in [7, 11) is 0. The average Bonchev–Trinajstić information content (AvgIpc) is 2.26. The Bertz CT molecular complexity index is 284. The Morgan fingerprint density at radius 2 is 1.82 bits per heavy atom. The molecule has 1 spiro atoms. The number of nitrogens with two attached hydrogens (primary N) is 1. The molecule has 98 valence electrons. The molecule has 2 fully saturated rings. The van der Waals surface area contributed by atoms with Crippen LogP contribution in [0.2, 0.25) is 0 Å². The first kappa shape index (κ1) is 12.8. The zero-order valence-electron chi connectivity index (χ0n) is 10.6. The number of hydrogen-bond donors (Lipinski definition) is 2. The molecule has 1 heterocycles. The first-order chi connectivity index (χ1) is 7.91. The molecule has 0 radical (unpaired) electrons. The number of nitrogens with one attached hydrogen (secondary N) is 1. The lowest BCUT2D eigenvalue weighted by atomic mass is 9.88. The first-order valence-corrected chi connectivity index (χ1v) is 6.25. The van der Waals surface area contributed by atoms with Crippen LogP contribution in [-0.4, -0.2) is 36.5 Å². The van der Waals surface area contributed by atoms with E-state index in [0.717, 1.165) is 25.7 Å². The molecule has 2 aliphatic rings. The number of amides is 1. The Hall–Kier alpha value is -0.650. The van der Waals surface area contributed by atoms with Crippen LogP contribution >= 0.6 is 0 Å². The van der Waals surface area contributed by atoms with Gasteiger partial charge < -0.3 is 20.5 Å². The molecule has 1 aliphatic carbocycles. The van der Waals surface area contributed by atoms with E-state index in [4.69, 9.17) is 15.2 Å². The lowest BCUT2D eigenvalue weighted by Crippen LogP contribution is -2.58. The summed E-state index contributed by atoms with van der Waals surface area (Å²) in [5.74, 6) is -0.417. The predicted octanol–water partition coefficient (Wildman–Crippen LogP) is 0.526. The zero-order valence-corrected chi connectivity index (χ0v) is 10.6. The van der Waals surface area contributed by atoms with Crippen LogP contribution in [-0.2, 0) is 14.3 Å². The van der Waals surface area contributed by atoms with Crippen molar-refractivity contribution in [2.24, 2.45) is 5.73 Å². The second-order valence-corrected chi connectivity index (χ2v) is 5.62. The molecular formula is C12H22N2O3. The van der Waals surface area contributed by atoms with E-state index in [2.05, 4.69) is 5.32 Å². The van der Waals surface area contributed by atoms with Gasteiger partial charge in [0.2, 0.25) is 5.91 Å².